The Labute approximate surface area is 228 Å². The van der Waals surface area contributed by atoms with E-state index in [0.29, 0.717) is 22.0 Å². The number of fused-ring (bicyclic) bond motifs is 2. The van der Waals surface area contributed by atoms with E-state index >= 15 is 0 Å². The summed E-state index contributed by atoms with van der Waals surface area (Å²) < 4.78 is 1.27. The fourth-order valence-electron chi connectivity index (χ4n) is 6.62. The molecule has 2 unspecified atom stereocenters. The molecule has 5 rings (SSSR count). The molecule has 0 N–H and O–H groups in total. The Morgan fingerprint density at radius 1 is 0.765 bits per heavy atom. The van der Waals surface area contributed by atoms with E-state index in [1.807, 2.05) is 11.3 Å². The molecule has 0 saturated heterocycles. The largest absolute Gasteiger partial charge is 0.139 e. The molecule has 3 aliphatic rings. The van der Waals surface area contributed by atoms with Gasteiger partial charge in [-0.3, -0.25) is 0 Å². The van der Waals surface area contributed by atoms with Gasteiger partial charge in [-0.05, 0) is 86.9 Å². The standard InChI is InChI=1S/C30H41BrS3/c1-27(2)11-9-13-29(5,6)25-18(27)15-21(33-25)22-17-20(31)24(32-22)23-16-19-26(34-23)30(7,8)14-10-12-28(19,3)4/h15-18,25H,9-14H2,1-8H3. The lowest BCUT2D eigenvalue weighted by molar-refractivity contribution is 0.219. The van der Waals surface area contributed by atoms with E-state index in [-0.39, 0.29) is 10.8 Å². The second kappa shape index (κ2) is 8.50. The van der Waals surface area contributed by atoms with Gasteiger partial charge in [0.05, 0.1) is 4.88 Å². The molecular formula is C30H41BrS3. The Bertz CT molecular complexity index is 1090. The number of halogens is 1. The van der Waals surface area contributed by atoms with Gasteiger partial charge in [0.15, 0.2) is 0 Å². The average Bonchev–Trinajstić information content (AvgIpc) is 3.41. The summed E-state index contributed by atoms with van der Waals surface area (Å²) in [7, 11) is 0. The highest BCUT2D eigenvalue weighted by molar-refractivity contribution is 9.10. The third kappa shape index (κ3) is 4.35. The molecule has 1 saturated carbocycles. The zero-order valence-corrected chi connectivity index (χ0v) is 26.3. The predicted octanol–water partition coefficient (Wildman–Crippen LogP) is 11.3. The molecule has 1 fully saturated rings. The zero-order chi connectivity index (χ0) is 24.7. The van der Waals surface area contributed by atoms with Crippen molar-refractivity contribution in [1.29, 1.82) is 0 Å². The molecule has 4 heteroatoms. The van der Waals surface area contributed by atoms with Gasteiger partial charge in [-0.2, -0.15) is 0 Å². The molecule has 0 spiro atoms. The van der Waals surface area contributed by atoms with Gasteiger partial charge in [-0.15, -0.1) is 34.4 Å². The molecule has 186 valence electrons. The second-order valence-electron chi connectivity index (χ2n) is 13.7. The first kappa shape index (κ1) is 25.6. The van der Waals surface area contributed by atoms with Crippen molar-refractivity contribution in [1.82, 2.24) is 0 Å². The number of thiophene rings is 2. The van der Waals surface area contributed by atoms with Crippen molar-refractivity contribution in [2.75, 3.05) is 0 Å². The molecule has 3 heterocycles. The van der Waals surface area contributed by atoms with E-state index in [4.69, 9.17) is 0 Å². The minimum Gasteiger partial charge on any atom is -0.139 e. The Hall–Kier alpha value is -0.0300. The molecule has 2 aliphatic carbocycles. The third-order valence-corrected chi connectivity index (χ3v) is 14.7. The van der Waals surface area contributed by atoms with Crippen LogP contribution in [0.2, 0.25) is 0 Å². The molecule has 0 nitrogen and oxygen atoms in total. The van der Waals surface area contributed by atoms with Gasteiger partial charge in [0.2, 0.25) is 0 Å². The molecule has 1 aliphatic heterocycles. The summed E-state index contributed by atoms with van der Waals surface area (Å²) in [6.07, 6.45) is 10.6. The van der Waals surface area contributed by atoms with E-state index in [1.165, 1.54) is 62.5 Å². The fourth-order valence-corrected chi connectivity index (χ4v) is 12.1. The monoisotopic (exact) mass is 576 g/mol. The zero-order valence-electron chi connectivity index (χ0n) is 22.2. The predicted molar refractivity (Wildman–Crippen MR) is 159 cm³/mol. The summed E-state index contributed by atoms with van der Waals surface area (Å²) in [5.74, 6) is 0.661. The molecule has 2 atom stereocenters. The Morgan fingerprint density at radius 2 is 1.41 bits per heavy atom. The lowest BCUT2D eigenvalue weighted by atomic mass is 9.71. The van der Waals surface area contributed by atoms with Gasteiger partial charge in [-0.1, -0.05) is 74.3 Å². The van der Waals surface area contributed by atoms with Gasteiger partial charge in [-0.25, -0.2) is 0 Å². The first-order chi connectivity index (χ1) is 15.7. The van der Waals surface area contributed by atoms with Gasteiger partial charge in [0.25, 0.3) is 0 Å². The Kier molecular flexibility index (Phi) is 6.40. The van der Waals surface area contributed by atoms with Gasteiger partial charge in [0.1, 0.15) is 0 Å². The molecular weight excluding hydrogens is 536 g/mol. The van der Waals surface area contributed by atoms with E-state index in [9.17, 15) is 0 Å². The topological polar surface area (TPSA) is 0 Å². The maximum absolute atomic E-state index is 3.98. The van der Waals surface area contributed by atoms with Crippen LogP contribution in [0.4, 0.5) is 0 Å². The minimum atomic E-state index is 0.264. The third-order valence-electron chi connectivity index (χ3n) is 9.06. The summed E-state index contributed by atoms with van der Waals surface area (Å²) in [5, 5.41) is 0.684. The van der Waals surface area contributed by atoms with Crippen LogP contribution in [0.25, 0.3) is 14.7 Å². The van der Waals surface area contributed by atoms with Crippen molar-refractivity contribution in [2.45, 2.75) is 110 Å². The molecule has 0 aromatic carbocycles. The molecule has 2 aromatic heterocycles. The summed E-state index contributed by atoms with van der Waals surface area (Å²) >= 11 is 10.2. The quantitative estimate of drug-likeness (QED) is 0.320. The van der Waals surface area contributed by atoms with Crippen molar-refractivity contribution in [3.05, 3.63) is 38.0 Å². The number of thioether (sulfide) groups is 1. The van der Waals surface area contributed by atoms with Crippen LogP contribution in [0.15, 0.2) is 22.7 Å². The van der Waals surface area contributed by atoms with Crippen LogP contribution in [-0.2, 0) is 10.8 Å². The van der Waals surface area contributed by atoms with E-state index in [1.54, 1.807) is 10.4 Å². The summed E-state index contributed by atoms with van der Waals surface area (Å²) in [6, 6.07) is 4.95. The average molecular weight is 578 g/mol. The number of hydrogen-bond acceptors (Lipinski definition) is 3. The van der Waals surface area contributed by atoms with Gasteiger partial charge in [0, 0.05) is 29.3 Å². The Morgan fingerprint density at radius 3 is 2.15 bits per heavy atom. The fraction of sp³-hybridized carbons (Fsp3) is 0.667. The lowest BCUT2D eigenvalue weighted by Gasteiger charge is -2.38. The van der Waals surface area contributed by atoms with Crippen molar-refractivity contribution >= 4 is 55.3 Å². The first-order valence-corrected chi connectivity index (χ1v) is 16.4. The summed E-state index contributed by atoms with van der Waals surface area (Å²) in [5.41, 5.74) is 2.90. The van der Waals surface area contributed by atoms with Gasteiger partial charge >= 0.3 is 0 Å². The van der Waals surface area contributed by atoms with Crippen LogP contribution in [0.3, 0.4) is 0 Å². The highest BCUT2D eigenvalue weighted by Gasteiger charge is 2.48. The minimum absolute atomic E-state index is 0.264. The molecule has 0 bridgehead atoms. The summed E-state index contributed by atoms with van der Waals surface area (Å²) in [6.45, 7) is 19.8. The van der Waals surface area contributed by atoms with Crippen molar-refractivity contribution < 1.29 is 0 Å². The maximum Gasteiger partial charge on any atom is 0.0591 e. The van der Waals surface area contributed by atoms with Crippen LogP contribution in [-0.4, -0.2) is 5.25 Å². The Balaban J connectivity index is 1.53. The number of rotatable bonds is 2. The highest BCUT2D eigenvalue weighted by atomic mass is 79.9. The second-order valence-corrected chi connectivity index (χ2v) is 17.8. The SMILES string of the molecule is CC1(C)CCCC(C)(C)c2sc(-c3sc(C4=CC5C(S4)C(C)(C)CCCC5(C)C)cc3Br)cc21. The van der Waals surface area contributed by atoms with E-state index < -0.39 is 0 Å². The van der Waals surface area contributed by atoms with Crippen molar-refractivity contribution in [2.24, 2.45) is 16.7 Å². The van der Waals surface area contributed by atoms with Crippen LogP contribution < -0.4 is 0 Å². The highest BCUT2D eigenvalue weighted by Crippen LogP contribution is 2.60. The van der Waals surface area contributed by atoms with Crippen LogP contribution in [0, 0.1) is 16.7 Å². The van der Waals surface area contributed by atoms with E-state index in [0.717, 1.165) is 0 Å². The van der Waals surface area contributed by atoms with Crippen molar-refractivity contribution in [3.63, 3.8) is 0 Å². The normalized spacial score (nSPS) is 29.0. The molecule has 0 amide bonds. The lowest BCUT2D eigenvalue weighted by Crippen LogP contribution is -2.35. The van der Waals surface area contributed by atoms with Crippen LogP contribution >= 0.6 is 50.4 Å². The number of allylic oxidation sites excluding steroid dienone is 1. The summed E-state index contributed by atoms with van der Waals surface area (Å²) in [4.78, 5) is 7.47. The van der Waals surface area contributed by atoms with Crippen molar-refractivity contribution in [3.8, 4) is 9.75 Å². The molecule has 2 aromatic rings. The molecule has 34 heavy (non-hydrogen) atoms. The van der Waals surface area contributed by atoms with Gasteiger partial charge < -0.3 is 0 Å². The number of hydrogen-bond donors (Lipinski definition) is 0. The maximum atomic E-state index is 3.98. The van der Waals surface area contributed by atoms with E-state index in [2.05, 4.69) is 113 Å². The first-order valence-electron chi connectivity index (χ1n) is 13.0. The molecule has 0 radical (unpaired) electrons. The smallest absolute Gasteiger partial charge is 0.0591 e. The van der Waals surface area contributed by atoms with Crippen LogP contribution in [0.1, 0.15) is 109 Å². The van der Waals surface area contributed by atoms with Crippen LogP contribution in [0.5, 0.6) is 0 Å².